The molecule has 0 unspecified atom stereocenters. The Kier molecular flexibility index (Phi) is 5.78. The van der Waals surface area contributed by atoms with E-state index in [1.54, 1.807) is 37.3 Å². The minimum atomic E-state index is -0.403. The molecule has 0 bridgehead atoms. The summed E-state index contributed by atoms with van der Waals surface area (Å²) in [6.07, 6.45) is 0.0525. The highest BCUT2D eigenvalue weighted by Crippen LogP contribution is 2.17. The largest absolute Gasteiger partial charge is 0.508 e. The summed E-state index contributed by atoms with van der Waals surface area (Å²) in [5.41, 5.74) is 6.61. The number of aromatic hydroxyl groups is 1. The van der Waals surface area contributed by atoms with E-state index < -0.39 is 5.91 Å². The van der Waals surface area contributed by atoms with E-state index in [0.717, 1.165) is 5.56 Å². The first-order valence-corrected chi connectivity index (χ1v) is 7.60. The van der Waals surface area contributed by atoms with Crippen LogP contribution in [0.15, 0.2) is 42.5 Å². The van der Waals surface area contributed by atoms with Crippen LogP contribution in [0.25, 0.3) is 0 Å². The van der Waals surface area contributed by atoms with Crippen molar-refractivity contribution in [2.45, 2.75) is 20.3 Å². The Bertz CT molecular complexity index is 744. The number of rotatable bonds is 5. The zero-order valence-electron chi connectivity index (χ0n) is 13.6. The van der Waals surface area contributed by atoms with E-state index in [2.05, 4.69) is 10.9 Å². The highest BCUT2D eigenvalue weighted by molar-refractivity contribution is 5.96. The van der Waals surface area contributed by atoms with Crippen molar-refractivity contribution in [2.75, 3.05) is 6.61 Å². The number of ether oxygens (including phenoxy) is 1. The lowest BCUT2D eigenvalue weighted by atomic mass is 10.1. The van der Waals surface area contributed by atoms with Crippen LogP contribution in [0.1, 0.15) is 28.4 Å². The van der Waals surface area contributed by atoms with Crippen LogP contribution in [0.4, 0.5) is 0 Å². The van der Waals surface area contributed by atoms with Crippen LogP contribution in [0, 0.1) is 6.92 Å². The minimum absolute atomic E-state index is 0.0525. The van der Waals surface area contributed by atoms with Crippen LogP contribution in [0.3, 0.4) is 0 Å². The van der Waals surface area contributed by atoms with Gasteiger partial charge in [-0.25, -0.2) is 0 Å². The van der Waals surface area contributed by atoms with Gasteiger partial charge in [0.15, 0.2) is 0 Å². The average Bonchev–Trinajstić information content (AvgIpc) is 2.53. The van der Waals surface area contributed by atoms with Gasteiger partial charge in [0.1, 0.15) is 11.5 Å². The fourth-order valence-electron chi connectivity index (χ4n) is 2.24. The highest BCUT2D eigenvalue weighted by Gasteiger charge is 2.11. The summed E-state index contributed by atoms with van der Waals surface area (Å²) in [7, 11) is 0. The topological polar surface area (TPSA) is 87.7 Å². The number of hydrogen-bond donors (Lipinski definition) is 3. The first kappa shape index (κ1) is 17.3. The van der Waals surface area contributed by atoms with E-state index >= 15 is 0 Å². The van der Waals surface area contributed by atoms with Crippen LogP contribution in [0.5, 0.6) is 11.5 Å². The monoisotopic (exact) mass is 328 g/mol. The summed E-state index contributed by atoms with van der Waals surface area (Å²) < 4.78 is 5.37. The zero-order chi connectivity index (χ0) is 17.5. The molecule has 2 amide bonds. The molecule has 0 heterocycles. The fraction of sp³-hybridized carbons (Fsp3) is 0.222. The third kappa shape index (κ3) is 4.74. The van der Waals surface area contributed by atoms with Gasteiger partial charge in [-0.05, 0) is 55.3 Å². The number of phenolic OH excluding ortho intramolecular Hbond substituents is 1. The normalized spacial score (nSPS) is 10.1. The van der Waals surface area contributed by atoms with Crippen molar-refractivity contribution in [3.63, 3.8) is 0 Å². The molecule has 6 heteroatoms. The SMILES string of the molecule is CCOc1ccc(C(=O)NNC(=O)Cc2cccc(O)c2)c(C)c1. The van der Waals surface area contributed by atoms with Gasteiger partial charge in [0.05, 0.1) is 13.0 Å². The van der Waals surface area contributed by atoms with Gasteiger partial charge < -0.3 is 9.84 Å². The Morgan fingerprint density at radius 3 is 2.58 bits per heavy atom. The Morgan fingerprint density at radius 2 is 1.92 bits per heavy atom. The molecule has 3 N–H and O–H groups in total. The number of amides is 2. The number of hydrogen-bond acceptors (Lipinski definition) is 4. The fourth-order valence-corrected chi connectivity index (χ4v) is 2.24. The van der Waals surface area contributed by atoms with Crippen molar-refractivity contribution >= 4 is 11.8 Å². The Morgan fingerprint density at radius 1 is 1.12 bits per heavy atom. The second-order valence-electron chi connectivity index (χ2n) is 5.26. The van der Waals surface area contributed by atoms with Crippen LogP contribution >= 0.6 is 0 Å². The number of benzene rings is 2. The molecule has 0 saturated carbocycles. The Balaban J connectivity index is 1.91. The summed E-state index contributed by atoms with van der Waals surface area (Å²) in [5, 5.41) is 9.37. The molecule has 0 atom stereocenters. The number of carbonyl (C=O) groups is 2. The molecule has 2 rings (SSSR count). The number of hydrazine groups is 1. The number of aryl methyl sites for hydroxylation is 1. The summed E-state index contributed by atoms with van der Waals surface area (Å²) >= 11 is 0. The summed E-state index contributed by atoms with van der Waals surface area (Å²) in [4.78, 5) is 24.0. The third-order valence-corrected chi connectivity index (χ3v) is 3.34. The predicted octanol–water partition coefficient (Wildman–Crippen LogP) is 2.10. The lowest BCUT2D eigenvalue weighted by Gasteiger charge is -2.11. The quantitative estimate of drug-likeness (QED) is 0.734. The molecule has 0 saturated heterocycles. The van der Waals surface area contributed by atoms with E-state index in [1.807, 2.05) is 6.92 Å². The van der Waals surface area contributed by atoms with Crippen molar-refractivity contribution in [2.24, 2.45) is 0 Å². The molecule has 2 aromatic carbocycles. The van der Waals surface area contributed by atoms with Crippen molar-refractivity contribution in [3.8, 4) is 11.5 Å². The lowest BCUT2D eigenvalue weighted by Crippen LogP contribution is -2.42. The second-order valence-corrected chi connectivity index (χ2v) is 5.26. The Labute approximate surface area is 140 Å². The molecule has 0 aliphatic heterocycles. The molecule has 0 aliphatic rings. The minimum Gasteiger partial charge on any atom is -0.508 e. The van der Waals surface area contributed by atoms with Gasteiger partial charge in [-0.2, -0.15) is 0 Å². The molecule has 126 valence electrons. The molecule has 24 heavy (non-hydrogen) atoms. The van der Waals surface area contributed by atoms with E-state index in [4.69, 9.17) is 4.74 Å². The maximum Gasteiger partial charge on any atom is 0.269 e. The lowest BCUT2D eigenvalue weighted by molar-refractivity contribution is -0.121. The maximum absolute atomic E-state index is 12.1. The molecule has 6 nitrogen and oxygen atoms in total. The van der Waals surface area contributed by atoms with Gasteiger partial charge in [-0.1, -0.05) is 12.1 Å². The van der Waals surface area contributed by atoms with Gasteiger partial charge in [-0.3, -0.25) is 20.4 Å². The molecule has 0 radical (unpaired) electrons. The van der Waals surface area contributed by atoms with Crippen LogP contribution in [0.2, 0.25) is 0 Å². The molecule has 0 aromatic heterocycles. The van der Waals surface area contributed by atoms with Crippen molar-refractivity contribution in [1.82, 2.24) is 10.9 Å². The van der Waals surface area contributed by atoms with Gasteiger partial charge in [0, 0.05) is 5.56 Å². The number of phenols is 1. The van der Waals surface area contributed by atoms with Gasteiger partial charge in [0.2, 0.25) is 5.91 Å². The van der Waals surface area contributed by atoms with Gasteiger partial charge in [-0.15, -0.1) is 0 Å². The van der Waals surface area contributed by atoms with E-state index in [1.165, 1.54) is 12.1 Å². The van der Waals surface area contributed by atoms with Gasteiger partial charge in [0.25, 0.3) is 5.91 Å². The second kappa shape index (κ2) is 8.01. The summed E-state index contributed by atoms with van der Waals surface area (Å²) in [6, 6.07) is 11.5. The molecular weight excluding hydrogens is 308 g/mol. The van der Waals surface area contributed by atoms with Gasteiger partial charge >= 0.3 is 0 Å². The van der Waals surface area contributed by atoms with E-state index in [9.17, 15) is 14.7 Å². The average molecular weight is 328 g/mol. The zero-order valence-corrected chi connectivity index (χ0v) is 13.6. The molecule has 0 fully saturated rings. The number of nitrogens with one attached hydrogen (secondary N) is 2. The number of carbonyl (C=O) groups excluding carboxylic acids is 2. The van der Waals surface area contributed by atoms with Crippen molar-refractivity contribution in [1.29, 1.82) is 0 Å². The smallest absolute Gasteiger partial charge is 0.269 e. The molecule has 0 spiro atoms. The van der Waals surface area contributed by atoms with Crippen LogP contribution in [-0.2, 0) is 11.2 Å². The van der Waals surface area contributed by atoms with E-state index in [0.29, 0.717) is 23.5 Å². The predicted molar refractivity (Wildman–Crippen MR) is 89.8 cm³/mol. The summed E-state index contributed by atoms with van der Waals surface area (Å²) in [5.74, 6) is 0.00571. The third-order valence-electron chi connectivity index (χ3n) is 3.34. The molecule has 2 aromatic rings. The van der Waals surface area contributed by atoms with E-state index in [-0.39, 0.29) is 18.1 Å². The van der Waals surface area contributed by atoms with Crippen LogP contribution < -0.4 is 15.6 Å². The first-order valence-electron chi connectivity index (χ1n) is 7.60. The highest BCUT2D eigenvalue weighted by atomic mass is 16.5. The Hall–Kier alpha value is -3.02. The summed E-state index contributed by atoms with van der Waals surface area (Å²) in [6.45, 7) is 4.24. The van der Waals surface area contributed by atoms with Crippen LogP contribution in [-0.4, -0.2) is 23.5 Å². The molecular formula is C18H20N2O4. The van der Waals surface area contributed by atoms with Crippen molar-refractivity contribution < 1.29 is 19.4 Å². The van der Waals surface area contributed by atoms with Crippen molar-refractivity contribution in [3.05, 3.63) is 59.2 Å². The standard InChI is InChI=1S/C18H20N2O4/c1-3-24-15-7-8-16(12(2)9-15)18(23)20-19-17(22)11-13-5-4-6-14(21)10-13/h4-10,21H,3,11H2,1-2H3,(H,19,22)(H,20,23). The molecule has 0 aliphatic carbocycles. The maximum atomic E-state index is 12.1. The first-order chi connectivity index (χ1) is 11.5.